The van der Waals surface area contributed by atoms with Crippen LogP contribution in [-0.2, 0) is 0 Å². The Labute approximate surface area is 119 Å². The lowest BCUT2D eigenvalue weighted by Crippen LogP contribution is -2.16. The Kier molecular flexibility index (Phi) is 4.93. The van der Waals surface area contributed by atoms with Crippen molar-refractivity contribution in [3.05, 3.63) is 48.5 Å². The highest BCUT2D eigenvalue weighted by Gasteiger charge is 2.09. The zero-order valence-electron chi connectivity index (χ0n) is 11.9. The van der Waals surface area contributed by atoms with Gasteiger partial charge in [-0.1, -0.05) is 13.0 Å². The van der Waals surface area contributed by atoms with E-state index in [-0.39, 0.29) is 5.82 Å². The standard InChI is InChI=1S/C16H20FN3/c1-3-8-19-14-10-16(12-18-11-14)20(4-2)15-7-5-6-13(17)9-15/h5-7,9-12,19H,3-4,8H2,1-2H3. The normalized spacial score (nSPS) is 10.3. The topological polar surface area (TPSA) is 28.2 Å². The predicted octanol–water partition coefficient (Wildman–Crippen LogP) is 4.20. The van der Waals surface area contributed by atoms with Crippen molar-refractivity contribution < 1.29 is 4.39 Å². The van der Waals surface area contributed by atoms with Crippen molar-refractivity contribution in [1.82, 2.24) is 4.98 Å². The first kappa shape index (κ1) is 14.3. The van der Waals surface area contributed by atoms with Gasteiger partial charge in [0.1, 0.15) is 5.82 Å². The Morgan fingerprint density at radius 1 is 1.15 bits per heavy atom. The molecule has 3 nitrogen and oxygen atoms in total. The summed E-state index contributed by atoms with van der Waals surface area (Å²) in [7, 11) is 0. The van der Waals surface area contributed by atoms with E-state index < -0.39 is 0 Å². The lowest BCUT2D eigenvalue weighted by atomic mass is 10.2. The molecule has 20 heavy (non-hydrogen) atoms. The van der Waals surface area contributed by atoms with E-state index in [2.05, 4.69) is 17.2 Å². The molecule has 0 unspecified atom stereocenters. The van der Waals surface area contributed by atoms with E-state index in [1.165, 1.54) is 12.1 Å². The fourth-order valence-corrected chi connectivity index (χ4v) is 2.10. The van der Waals surface area contributed by atoms with Crippen LogP contribution in [0.2, 0.25) is 0 Å². The van der Waals surface area contributed by atoms with E-state index in [0.29, 0.717) is 0 Å². The molecular weight excluding hydrogens is 253 g/mol. The third kappa shape index (κ3) is 3.47. The maximum absolute atomic E-state index is 13.4. The quantitative estimate of drug-likeness (QED) is 0.855. The van der Waals surface area contributed by atoms with Gasteiger partial charge in [-0.2, -0.15) is 0 Å². The zero-order chi connectivity index (χ0) is 14.4. The largest absolute Gasteiger partial charge is 0.384 e. The van der Waals surface area contributed by atoms with Crippen molar-refractivity contribution in [1.29, 1.82) is 0 Å². The number of anilines is 3. The van der Waals surface area contributed by atoms with Crippen molar-refractivity contribution >= 4 is 17.1 Å². The molecule has 0 saturated carbocycles. The number of aromatic nitrogens is 1. The molecule has 0 amide bonds. The Morgan fingerprint density at radius 3 is 2.70 bits per heavy atom. The first-order valence-electron chi connectivity index (χ1n) is 6.96. The molecule has 0 bridgehead atoms. The first-order chi connectivity index (χ1) is 9.74. The van der Waals surface area contributed by atoms with Crippen molar-refractivity contribution in [2.24, 2.45) is 0 Å². The Hall–Kier alpha value is -2.10. The Bertz CT molecular complexity index is 557. The Balaban J connectivity index is 2.27. The smallest absolute Gasteiger partial charge is 0.125 e. The fourth-order valence-electron chi connectivity index (χ4n) is 2.10. The molecule has 4 heteroatoms. The van der Waals surface area contributed by atoms with Crippen LogP contribution in [0.25, 0.3) is 0 Å². The third-order valence-electron chi connectivity index (χ3n) is 3.05. The highest BCUT2D eigenvalue weighted by molar-refractivity contribution is 5.65. The second-order valence-electron chi connectivity index (χ2n) is 4.58. The summed E-state index contributed by atoms with van der Waals surface area (Å²) in [5.74, 6) is -0.228. The first-order valence-corrected chi connectivity index (χ1v) is 6.96. The van der Waals surface area contributed by atoms with Crippen molar-refractivity contribution in [3.8, 4) is 0 Å². The summed E-state index contributed by atoms with van der Waals surface area (Å²) in [6.07, 6.45) is 4.66. The van der Waals surface area contributed by atoms with Gasteiger partial charge in [0.2, 0.25) is 0 Å². The van der Waals surface area contributed by atoms with Crippen molar-refractivity contribution in [2.45, 2.75) is 20.3 Å². The zero-order valence-corrected chi connectivity index (χ0v) is 11.9. The molecule has 0 spiro atoms. The van der Waals surface area contributed by atoms with Crippen LogP contribution in [0.1, 0.15) is 20.3 Å². The second-order valence-corrected chi connectivity index (χ2v) is 4.58. The molecule has 0 aliphatic rings. The summed E-state index contributed by atoms with van der Waals surface area (Å²) in [5, 5.41) is 3.31. The number of pyridine rings is 1. The SMILES string of the molecule is CCCNc1cncc(N(CC)c2cccc(F)c2)c1. The molecule has 2 rings (SSSR count). The van der Waals surface area contributed by atoms with Gasteiger partial charge in [0.15, 0.2) is 0 Å². The highest BCUT2D eigenvalue weighted by Crippen LogP contribution is 2.26. The molecule has 0 atom stereocenters. The molecule has 0 aliphatic heterocycles. The summed E-state index contributed by atoms with van der Waals surface area (Å²) in [6.45, 7) is 5.83. The number of hydrogen-bond donors (Lipinski definition) is 1. The van der Waals surface area contributed by atoms with Gasteiger partial charge in [-0.25, -0.2) is 4.39 Å². The van der Waals surface area contributed by atoms with Gasteiger partial charge in [-0.05, 0) is 37.6 Å². The number of nitrogens with zero attached hydrogens (tertiary/aromatic N) is 2. The van der Waals surface area contributed by atoms with E-state index in [1.54, 1.807) is 18.5 Å². The summed E-state index contributed by atoms with van der Waals surface area (Å²) in [5.41, 5.74) is 2.78. The molecule has 0 aliphatic carbocycles. The van der Waals surface area contributed by atoms with Crippen LogP contribution in [0.4, 0.5) is 21.5 Å². The number of rotatable bonds is 6. The van der Waals surface area contributed by atoms with E-state index >= 15 is 0 Å². The predicted molar refractivity (Wildman–Crippen MR) is 82.1 cm³/mol. The minimum absolute atomic E-state index is 0.228. The number of nitrogens with one attached hydrogen (secondary N) is 1. The molecule has 0 radical (unpaired) electrons. The molecule has 1 N–H and O–H groups in total. The van der Waals surface area contributed by atoms with Crippen LogP contribution in [0.15, 0.2) is 42.7 Å². The maximum Gasteiger partial charge on any atom is 0.125 e. The van der Waals surface area contributed by atoms with E-state index in [4.69, 9.17) is 0 Å². The van der Waals surface area contributed by atoms with Crippen LogP contribution >= 0.6 is 0 Å². The van der Waals surface area contributed by atoms with E-state index in [0.717, 1.165) is 36.6 Å². The molecule has 1 aromatic heterocycles. The summed E-state index contributed by atoms with van der Waals surface area (Å²) >= 11 is 0. The van der Waals surface area contributed by atoms with E-state index in [9.17, 15) is 4.39 Å². The molecule has 2 aromatic rings. The lowest BCUT2D eigenvalue weighted by molar-refractivity contribution is 0.627. The van der Waals surface area contributed by atoms with Crippen molar-refractivity contribution in [3.63, 3.8) is 0 Å². The van der Waals surface area contributed by atoms with Crippen LogP contribution in [0.3, 0.4) is 0 Å². The lowest BCUT2D eigenvalue weighted by Gasteiger charge is -2.23. The molecule has 0 fully saturated rings. The Morgan fingerprint density at radius 2 is 2.00 bits per heavy atom. The average molecular weight is 273 g/mol. The van der Waals surface area contributed by atoms with Gasteiger partial charge in [-0.15, -0.1) is 0 Å². The maximum atomic E-state index is 13.4. The summed E-state index contributed by atoms with van der Waals surface area (Å²) in [4.78, 5) is 6.29. The number of halogens is 1. The van der Waals surface area contributed by atoms with Crippen LogP contribution < -0.4 is 10.2 Å². The molecular formula is C16H20FN3. The minimum Gasteiger partial charge on any atom is -0.384 e. The molecule has 1 aromatic carbocycles. The van der Waals surface area contributed by atoms with Gasteiger partial charge in [0.05, 0.1) is 23.8 Å². The van der Waals surface area contributed by atoms with E-state index in [1.807, 2.05) is 24.0 Å². The van der Waals surface area contributed by atoms with Crippen molar-refractivity contribution in [2.75, 3.05) is 23.3 Å². The van der Waals surface area contributed by atoms with Gasteiger partial charge in [0, 0.05) is 18.8 Å². The van der Waals surface area contributed by atoms with Gasteiger partial charge >= 0.3 is 0 Å². The number of benzene rings is 1. The second kappa shape index (κ2) is 6.89. The van der Waals surface area contributed by atoms with Gasteiger partial charge < -0.3 is 10.2 Å². The number of hydrogen-bond acceptors (Lipinski definition) is 3. The average Bonchev–Trinajstić information content (AvgIpc) is 2.46. The molecule has 106 valence electrons. The van der Waals surface area contributed by atoms with Crippen LogP contribution in [-0.4, -0.2) is 18.1 Å². The minimum atomic E-state index is -0.228. The van der Waals surface area contributed by atoms with Gasteiger partial charge in [-0.3, -0.25) is 4.98 Å². The fraction of sp³-hybridized carbons (Fsp3) is 0.312. The summed E-state index contributed by atoms with van der Waals surface area (Å²) < 4.78 is 13.4. The summed E-state index contributed by atoms with van der Waals surface area (Å²) in [6, 6.07) is 8.65. The molecule has 1 heterocycles. The third-order valence-corrected chi connectivity index (χ3v) is 3.05. The highest BCUT2D eigenvalue weighted by atomic mass is 19.1. The monoisotopic (exact) mass is 273 g/mol. The van der Waals surface area contributed by atoms with Crippen LogP contribution in [0.5, 0.6) is 0 Å². The van der Waals surface area contributed by atoms with Gasteiger partial charge in [0.25, 0.3) is 0 Å². The van der Waals surface area contributed by atoms with Crippen LogP contribution in [0, 0.1) is 5.82 Å². The molecule has 0 saturated heterocycles.